The minimum Gasteiger partial charge on any atom is -0.480 e. The number of pyridine rings is 2. The van der Waals surface area contributed by atoms with Crippen LogP contribution in [0, 0.1) is 24.2 Å². The minimum absolute atomic E-state index is 0. The van der Waals surface area contributed by atoms with E-state index >= 15 is 0 Å². The van der Waals surface area contributed by atoms with Gasteiger partial charge < -0.3 is 35.1 Å². The van der Waals surface area contributed by atoms with E-state index in [0.717, 1.165) is 19.0 Å². The van der Waals surface area contributed by atoms with Gasteiger partial charge in [0, 0.05) is 104 Å². The molecule has 436 valence electrons. The lowest BCUT2D eigenvalue weighted by atomic mass is 10.1. The third kappa shape index (κ3) is 23.9. The summed E-state index contributed by atoms with van der Waals surface area (Å²) in [7, 11) is 9.33. The SMILES string of the molecule is C#Cc1ccccn1.CCC(=O)c1ccc(Br)cc1N.CCC(=O)c1ccc(Br)cc1NC(=O)COC.COCC(=O)O.COCc1nc2cc(Br)ccc2c(=O)n1C.COCc1nc2cc(C#Cc3ccccn3)ccc2c(=O)n1C.Cl. The number of ether oxygens (including phenoxy) is 4. The molecule has 0 aliphatic rings. The summed E-state index contributed by atoms with van der Waals surface area (Å²) < 4.78 is 24.7. The summed E-state index contributed by atoms with van der Waals surface area (Å²) in [4.78, 5) is 85.1. The Bertz CT molecular complexity index is 3680. The summed E-state index contributed by atoms with van der Waals surface area (Å²) in [6, 6.07) is 32.4. The van der Waals surface area contributed by atoms with Crippen molar-refractivity contribution < 1.29 is 43.2 Å². The van der Waals surface area contributed by atoms with Crippen molar-refractivity contribution in [2.45, 2.75) is 39.9 Å². The van der Waals surface area contributed by atoms with Crippen LogP contribution in [0.5, 0.6) is 0 Å². The summed E-state index contributed by atoms with van der Waals surface area (Å²) in [5.74, 6) is 8.52. The first kappa shape index (κ1) is 71.3. The van der Waals surface area contributed by atoms with Crippen LogP contribution in [0.3, 0.4) is 0 Å². The highest BCUT2D eigenvalue weighted by Gasteiger charge is 2.13. The number of carbonyl (C=O) groups is 4. The van der Waals surface area contributed by atoms with Crippen LogP contribution in [-0.4, -0.2) is 99.3 Å². The molecule has 4 aromatic carbocycles. The number of methoxy groups -OCH3 is 4. The molecule has 1 amide bonds. The van der Waals surface area contributed by atoms with E-state index in [1.54, 1.807) is 96.2 Å². The fourth-order valence-electron chi connectivity index (χ4n) is 6.69. The molecule has 0 unspecified atom stereocenters. The summed E-state index contributed by atoms with van der Waals surface area (Å²) in [5, 5.41) is 11.6. The standard InChI is InChI=1S/C18H15N3O2.C12H14BrNO3.C11H11BrN2O2.C9H10BrNO.C7H5N.C3H6O3.ClH/c1-21-17(12-23-2)20-16-11-13(7-9-15(16)18(21)22)6-8-14-5-3-4-10-19-14;1-3-11(15)9-5-4-8(13)6-10(9)14-12(16)7-17-2;1-14-10(6-16-2)13-9-5-7(12)3-4-8(9)11(14)15;1-2-9(12)7-4-3-6(10)5-8(7)11;1-2-7-5-3-4-6-8-7;1-6-2-3(4)5;/h3-5,7,9-11H,12H2,1-2H3;4-6H,3,7H2,1-2H3,(H,14,16);3-5H,6H2,1-2H3;3-5H,2,11H2,1H3;1,3-6H;2H2,1H3,(H,4,5);1H. The number of nitrogen functional groups attached to an aromatic ring is 1. The van der Waals surface area contributed by atoms with Gasteiger partial charge in [-0.15, -0.1) is 18.8 Å². The number of Topliss-reactive ketones (excluding diaryl/α,β-unsaturated/α-hetero) is 2. The molecule has 0 atom stereocenters. The number of nitrogens with one attached hydrogen (secondary N) is 1. The Hall–Kier alpha value is -7.77. The topological polar surface area (TPSA) is 259 Å². The first-order valence-electron chi connectivity index (χ1n) is 24.6. The molecule has 0 radical (unpaired) electrons. The number of fused-ring (bicyclic) bond motifs is 2. The second-order valence-corrected chi connectivity index (χ2v) is 19.4. The highest BCUT2D eigenvalue weighted by molar-refractivity contribution is 9.11. The Labute approximate surface area is 512 Å². The number of carbonyl (C=O) groups excluding carboxylic acids is 3. The number of hydrogen-bond acceptors (Lipinski definition) is 15. The first-order valence-corrected chi connectivity index (χ1v) is 27.0. The average molecular weight is 1350 g/mol. The number of anilines is 2. The van der Waals surface area contributed by atoms with E-state index < -0.39 is 5.97 Å². The van der Waals surface area contributed by atoms with Crippen LogP contribution in [0.2, 0.25) is 0 Å². The number of amides is 1. The molecule has 0 bridgehead atoms. The molecule has 0 aliphatic heterocycles. The molecule has 83 heavy (non-hydrogen) atoms. The molecule has 23 heteroatoms. The smallest absolute Gasteiger partial charge is 0.329 e. The molecular weight excluding hydrogens is 1280 g/mol. The lowest BCUT2D eigenvalue weighted by Gasteiger charge is -2.10. The Morgan fingerprint density at radius 2 is 1.11 bits per heavy atom. The van der Waals surface area contributed by atoms with Crippen molar-refractivity contribution in [1.29, 1.82) is 0 Å². The number of nitrogens with zero attached hydrogens (tertiary/aromatic N) is 6. The van der Waals surface area contributed by atoms with Crippen molar-refractivity contribution in [2.24, 2.45) is 14.1 Å². The van der Waals surface area contributed by atoms with Gasteiger partial charge in [0.05, 0.1) is 27.5 Å². The van der Waals surface area contributed by atoms with E-state index in [1.807, 2.05) is 67.6 Å². The highest BCUT2D eigenvalue weighted by Crippen LogP contribution is 2.23. The van der Waals surface area contributed by atoms with Gasteiger partial charge >= 0.3 is 5.97 Å². The van der Waals surface area contributed by atoms with E-state index in [4.69, 9.17) is 31.5 Å². The second-order valence-electron chi connectivity index (χ2n) is 16.7. The van der Waals surface area contributed by atoms with Crippen molar-refractivity contribution in [3.63, 3.8) is 0 Å². The van der Waals surface area contributed by atoms with Crippen LogP contribution in [0.15, 0.2) is 145 Å². The molecule has 4 N–H and O–H groups in total. The first-order chi connectivity index (χ1) is 39.2. The number of nitrogens with two attached hydrogens (primary N) is 1. The number of carboxylic acid groups (broad SMARTS) is 1. The van der Waals surface area contributed by atoms with Gasteiger partial charge in [-0.3, -0.25) is 33.1 Å². The molecule has 19 nitrogen and oxygen atoms in total. The summed E-state index contributed by atoms with van der Waals surface area (Å²) in [6.45, 7) is 3.97. The third-order valence-corrected chi connectivity index (χ3v) is 12.2. The highest BCUT2D eigenvalue weighted by atomic mass is 79.9. The van der Waals surface area contributed by atoms with Crippen molar-refractivity contribution in [3.8, 4) is 24.2 Å². The number of carboxylic acids is 1. The molecule has 0 saturated heterocycles. The van der Waals surface area contributed by atoms with Gasteiger partial charge in [-0.25, -0.2) is 24.7 Å². The van der Waals surface area contributed by atoms with Crippen LogP contribution >= 0.6 is 60.2 Å². The molecule has 0 fully saturated rings. The molecular formula is C60H62Br3ClN8O11. The number of benzene rings is 4. The van der Waals surface area contributed by atoms with E-state index in [-0.39, 0.29) is 60.8 Å². The van der Waals surface area contributed by atoms with Crippen molar-refractivity contribution >= 4 is 117 Å². The monoisotopic (exact) mass is 1340 g/mol. The minimum atomic E-state index is -0.933. The number of hydrogen-bond donors (Lipinski definition) is 3. The van der Waals surface area contributed by atoms with Gasteiger partial charge in [-0.05, 0) is 103 Å². The second kappa shape index (κ2) is 38.1. The zero-order chi connectivity index (χ0) is 60.7. The quantitative estimate of drug-likeness (QED) is 0.0551. The summed E-state index contributed by atoms with van der Waals surface area (Å²) >= 11 is 9.94. The average Bonchev–Trinajstić information content (AvgIpc) is 3.58. The van der Waals surface area contributed by atoms with Gasteiger partial charge in [-0.1, -0.05) is 85.6 Å². The number of ketones is 2. The van der Waals surface area contributed by atoms with E-state index in [9.17, 15) is 28.8 Å². The largest absolute Gasteiger partial charge is 0.480 e. The molecule has 8 rings (SSSR count). The molecule has 0 aliphatic carbocycles. The summed E-state index contributed by atoms with van der Waals surface area (Å²) in [5.41, 5.74) is 11.1. The maximum Gasteiger partial charge on any atom is 0.329 e. The Kier molecular flexibility index (Phi) is 32.7. The predicted octanol–water partition coefficient (Wildman–Crippen LogP) is 10.2. The molecule has 8 aromatic rings. The number of aromatic nitrogens is 6. The van der Waals surface area contributed by atoms with Crippen molar-refractivity contribution in [2.75, 3.05) is 52.7 Å². The van der Waals surface area contributed by atoms with Gasteiger partial charge in [0.15, 0.2) is 11.6 Å². The normalized spacial score (nSPS) is 9.81. The van der Waals surface area contributed by atoms with Gasteiger partial charge in [-0.2, -0.15) is 0 Å². The molecule has 0 spiro atoms. The number of terminal acetylenes is 1. The van der Waals surface area contributed by atoms with Crippen LogP contribution < -0.4 is 22.2 Å². The van der Waals surface area contributed by atoms with Crippen molar-refractivity contribution in [3.05, 3.63) is 195 Å². The van der Waals surface area contributed by atoms with Crippen LogP contribution in [0.4, 0.5) is 11.4 Å². The van der Waals surface area contributed by atoms with Crippen LogP contribution in [-0.2, 0) is 55.8 Å². The lowest BCUT2D eigenvalue weighted by molar-refractivity contribution is -0.141. The number of halogens is 4. The zero-order valence-corrected chi connectivity index (χ0v) is 52.3. The third-order valence-electron chi connectivity index (χ3n) is 10.7. The predicted molar refractivity (Wildman–Crippen MR) is 335 cm³/mol. The number of rotatable bonds is 13. The maximum atomic E-state index is 12.3. The molecule has 4 heterocycles. The maximum absolute atomic E-state index is 12.3. The fourth-order valence-corrected chi connectivity index (χ4v) is 7.78. The van der Waals surface area contributed by atoms with E-state index in [2.05, 4.69) is 95.5 Å². The Balaban J connectivity index is 0.000000355. The summed E-state index contributed by atoms with van der Waals surface area (Å²) in [6.07, 6.45) is 9.30. The van der Waals surface area contributed by atoms with Crippen molar-refractivity contribution in [1.82, 2.24) is 29.1 Å². The Morgan fingerprint density at radius 3 is 1.57 bits per heavy atom. The van der Waals surface area contributed by atoms with Crippen LogP contribution in [0.25, 0.3) is 21.8 Å². The van der Waals surface area contributed by atoms with Gasteiger partial charge in [0.2, 0.25) is 5.91 Å². The van der Waals surface area contributed by atoms with Gasteiger partial charge in [0.25, 0.3) is 11.1 Å². The van der Waals surface area contributed by atoms with E-state index in [1.165, 1.54) is 23.4 Å². The van der Waals surface area contributed by atoms with E-state index in [0.29, 0.717) is 86.8 Å². The zero-order valence-electron chi connectivity index (χ0n) is 46.7. The Morgan fingerprint density at radius 1 is 0.627 bits per heavy atom. The van der Waals surface area contributed by atoms with Gasteiger partial charge in [0.1, 0.15) is 49.5 Å². The molecule has 4 aromatic heterocycles. The van der Waals surface area contributed by atoms with Crippen LogP contribution in [0.1, 0.15) is 76.0 Å². The lowest BCUT2D eigenvalue weighted by Crippen LogP contribution is -2.22. The number of aliphatic carboxylic acids is 1. The fraction of sp³-hybridized carbons (Fsp3) is 0.233. The molecule has 0 saturated carbocycles.